The number of piperidine rings is 1. The molecule has 2 aromatic heterocycles. The minimum Gasteiger partial charge on any atom is -0.508 e. The van der Waals surface area contributed by atoms with Crippen LogP contribution in [0.25, 0.3) is 32.9 Å². The van der Waals surface area contributed by atoms with Crippen molar-refractivity contribution in [2.24, 2.45) is 0 Å². The van der Waals surface area contributed by atoms with E-state index in [0.29, 0.717) is 23.2 Å². The highest BCUT2D eigenvalue weighted by molar-refractivity contribution is 6.04. The Morgan fingerprint density at radius 1 is 1.20 bits per heavy atom. The number of nitrogens with zero attached hydrogens (tertiary/aromatic N) is 5. The number of phenolic OH excluding ortho intramolecular Hbond substituents is 1. The van der Waals surface area contributed by atoms with Crippen LogP contribution in [0.15, 0.2) is 36.4 Å². The molecule has 0 unspecified atom stereocenters. The minimum absolute atomic E-state index is 0.00804. The van der Waals surface area contributed by atoms with Gasteiger partial charge in [0.25, 0.3) is 0 Å². The van der Waals surface area contributed by atoms with Crippen LogP contribution >= 0.6 is 0 Å². The number of hydrogen-bond acceptors (Lipinski definition) is 9. The van der Waals surface area contributed by atoms with Crippen molar-refractivity contribution in [3.63, 3.8) is 0 Å². The van der Waals surface area contributed by atoms with E-state index < -0.39 is 11.6 Å². The van der Waals surface area contributed by atoms with Gasteiger partial charge in [-0.15, -0.1) is 6.42 Å². The van der Waals surface area contributed by atoms with Crippen molar-refractivity contribution in [2.75, 3.05) is 44.9 Å². The number of benzene rings is 2. The summed E-state index contributed by atoms with van der Waals surface area (Å²) in [5.74, 6) is 1.49. The Morgan fingerprint density at radius 3 is 2.89 bits per heavy atom. The summed E-state index contributed by atoms with van der Waals surface area (Å²) in [7, 11) is 1.72. The maximum atomic E-state index is 17.0. The third kappa shape index (κ3) is 4.46. The number of methoxy groups -OCH3 is 1. The predicted molar refractivity (Wildman–Crippen MR) is 169 cm³/mol. The smallest absolute Gasteiger partial charge is 0.319 e. The molecule has 9 nitrogen and oxygen atoms in total. The van der Waals surface area contributed by atoms with Crippen molar-refractivity contribution in [2.45, 2.75) is 49.8 Å². The molecule has 0 saturated carbocycles. The number of fused-ring (bicyclic) bond motifs is 4. The lowest BCUT2D eigenvalue weighted by atomic mass is 9.93. The number of anilines is 1. The summed E-state index contributed by atoms with van der Waals surface area (Å²) in [6.07, 6.45) is 10.2. The van der Waals surface area contributed by atoms with E-state index in [0.717, 1.165) is 57.3 Å². The highest BCUT2D eigenvalue weighted by Gasteiger charge is 2.50. The Kier molecular flexibility index (Phi) is 6.78. The van der Waals surface area contributed by atoms with E-state index >= 15 is 4.39 Å². The highest BCUT2D eigenvalue weighted by Crippen LogP contribution is 2.45. The number of aromatic hydroxyl groups is 1. The lowest BCUT2D eigenvalue weighted by Gasteiger charge is -2.35. The standard InChI is InChI=1S/C35H33F2N5O4/c1-4-24-26(36)9-8-20-11-22(43)12-25(27(20)24)30-29(37)31-28-32(42-10-6-5-7-21(42)17-45-33(28)38-30)40-34(39-31)46-18-35-13-19(2)15-41(35)16-23(14-35)44-3/h1,8-9,11-12,21,23,43H,2,5-7,10,13-18H2,3H3/t21-,23+,35+/m0/s1. The molecule has 2 aromatic carbocycles. The number of halogens is 2. The largest absolute Gasteiger partial charge is 0.508 e. The lowest BCUT2D eigenvalue weighted by molar-refractivity contribution is 0.101. The topological polar surface area (TPSA) is 93.1 Å². The van der Waals surface area contributed by atoms with E-state index in [1.807, 2.05) is 0 Å². The van der Waals surface area contributed by atoms with Gasteiger partial charge in [-0.1, -0.05) is 24.1 Å². The SMILES string of the molecule is C#Cc1c(F)ccc2cc(O)cc(-c3nc4c5c(nc(OC[C@]67CC(=C)CN6C[C@H](OC)C7)nc5c3F)N3CCCC[C@H]3CO4)c12. The van der Waals surface area contributed by atoms with Crippen LogP contribution in [0.4, 0.5) is 14.6 Å². The Labute approximate surface area is 264 Å². The van der Waals surface area contributed by atoms with E-state index in [1.165, 1.54) is 24.3 Å². The van der Waals surface area contributed by atoms with E-state index in [4.69, 9.17) is 25.6 Å². The van der Waals surface area contributed by atoms with Crippen molar-refractivity contribution in [1.82, 2.24) is 19.9 Å². The van der Waals surface area contributed by atoms with Gasteiger partial charge in [0.2, 0.25) is 5.88 Å². The van der Waals surface area contributed by atoms with E-state index in [1.54, 1.807) is 7.11 Å². The summed E-state index contributed by atoms with van der Waals surface area (Å²) in [4.78, 5) is 18.6. The Morgan fingerprint density at radius 2 is 2.07 bits per heavy atom. The van der Waals surface area contributed by atoms with Gasteiger partial charge in [0.1, 0.15) is 47.2 Å². The molecular formula is C35H33F2N5O4. The number of hydrogen-bond donors (Lipinski definition) is 1. The summed E-state index contributed by atoms with van der Waals surface area (Å²) in [5.41, 5.74) is 0.679. The molecule has 11 heteroatoms. The molecule has 1 N–H and O–H groups in total. The second-order valence-corrected chi connectivity index (χ2v) is 12.8. The average Bonchev–Trinajstić information content (AvgIpc) is 3.49. The molecular weight excluding hydrogens is 592 g/mol. The molecule has 6 heterocycles. The van der Waals surface area contributed by atoms with Gasteiger partial charge in [-0.2, -0.15) is 9.97 Å². The molecule has 0 amide bonds. The Bertz CT molecular complexity index is 1980. The number of ether oxygens (including phenoxy) is 3. The molecule has 0 bridgehead atoms. The summed E-state index contributed by atoms with van der Waals surface area (Å²) in [6, 6.07) is 5.54. The zero-order valence-corrected chi connectivity index (χ0v) is 25.5. The number of rotatable bonds is 5. The third-order valence-electron chi connectivity index (χ3n) is 9.97. The summed E-state index contributed by atoms with van der Waals surface area (Å²) >= 11 is 0. The van der Waals surface area contributed by atoms with Crippen molar-refractivity contribution in [1.29, 1.82) is 0 Å². The molecule has 4 aliphatic rings. The molecule has 236 valence electrons. The third-order valence-corrected chi connectivity index (χ3v) is 9.97. The summed E-state index contributed by atoms with van der Waals surface area (Å²) in [6.45, 7) is 7.10. The first kappa shape index (κ1) is 28.9. The predicted octanol–water partition coefficient (Wildman–Crippen LogP) is 5.36. The van der Waals surface area contributed by atoms with Crippen LogP contribution in [0.1, 0.15) is 37.7 Å². The van der Waals surface area contributed by atoms with Crippen LogP contribution < -0.4 is 14.4 Å². The number of aromatic nitrogens is 3. The van der Waals surface area contributed by atoms with Gasteiger partial charge in [0.15, 0.2) is 5.82 Å². The minimum atomic E-state index is -0.778. The van der Waals surface area contributed by atoms with Crippen molar-refractivity contribution >= 4 is 27.5 Å². The van der Waals surface area contributed by atoms with Crippen LogP contribution in [0, 0.1) is 24.0 Å². The molecule has 0 radical (unpaired) electrons. The fourth-order valence-electron chi connectivity index (χ4n) is 7.86. The summed E-state index contributed by atoms with van der Waals surface area (Å²) < 4.78 is 50.2. The van der Waals surface area contributed by atoms with Crippen LogP contribution in [0.5, 0.6) is 17.6 Å². The number of pyridine rings is 1. The second kappa shape index (κ2) is 10.8. The number of phenols is 1. The van der Waals surface area contributed by atoms with Gasteiger partial charge in [-0.05, 0) is 55.7 Å². The zero-order valence-electron chi connectivity index (χ0n) is 25.5. The maximum absolute atomic E-state index is 17.0. The fraction of sp³-hybridized carbons (Fsp3) is 0.400. The highest BCUT2D eigenvalue weighted by atomic mass is 19.1. The first-order chi connectivity index (χ1) is 22.3. The molecule has 46 heavy (non-hydrogen) atoms. The first-order valence-electron chi connectivity index (χ1n) is 15.6. The Hall–Kier alpha value is -4.53. The van der Waals surface area contributed by atoms with E-state index in [9.17, 15) is 9.50 Å². The average molecular weight is 626 g/mol. The van der Waals surface area contributed by atoms with Crippen molar-refractivity contribution in [3.05, 3.63) is 53.6 Å². The molecule has 4 aromatic rings. The van der Waals surface area contributed by atoms with Crippen LogP contribution in [-0.2, 0) is 4.74 Å². The molecule has 3 atom stereocenters. The molecule has 3 fully saturated rings. The van der Waals surface area contributed by atoms with Gasteiger partial charge in [0, 0.05) is 37.7 Å². The van der Waals surface area contributed by atoms with Gasteiger partial charge in [-0.3, -0.25) is 4.90 Å². The van der Waals surface area contributed by atoms with Gasteiger partial charge in [-0.25, -0.2) is 13.8 Å². The second-order valence-electron chi connectivity index (χ2n) is 12.8. The van der Waals surface area contributed by atoms with Gasteiger partial charge < -0.3 is 24.2 Å². The molecule has 0 aliphatic carbocycles. The quantitative estimate of drug-likeness (QED) is 0.233. The van der Waals surface area contributed by atoms with Gasteiger partial charge in [0.05, 0.1) is 23.2 Å². The van der Waals surface area contributed by atoms with Gasteiger partial charge >= 0.3 is 6.01 Å². The van der Waals surface area contributed by atoms with E-state index in [2.05, 4.69) is 32.3 Å². The van der Waals surface area contributed by atoms with Crippen molar-refractivity contribution in [3.8, 4) is 41.2 Å². The molecule has 3 saturated heterocycles. The monoisotopic (exact) mass is 625 g/mol. The molecule has 4 aliphatic heterocycles. The molecule has 8 rings (SSSR count). The first-order valence-corrected chi connectivity index (χ1v) is 15.6. The van der Waals surface area contributed by atoms with Crippen molar-refractivity contribution < 1.29 is 28.1 Å². The Balaban J connectivity index is 1.31. The van der Waals surface area contributed by atoms with E-state index in [-0.39, 0.29) is 69.7 Å². The van der Waals surface area contributed by atoms with Crippen LogP contribution in [0.2, 0.25) is 0 Å². The zero-order chi connectivity index (χ0) is 31.7. The number of terminal acetylenes is 1. The summed E-state index contributed by atoms with van der Waals surface area (Å²) in [5, 5.41) is 11.7. The fourth-order valence-corrected chi connectivity index (χ4v) is 7.86. The molecule has 0 spiro atoms. The normalized spacial score (nSPS) is 24.0. The lowest BCUT2D eigenvalue weighted by Crippen LogP contribution is -2.44. The van der Waals surface area contributed by atoms with Crippen LogP contribution in [-0.4, -0.2) is 82.6 Å². The van der Waals surface area contributed by atoms with Crippen LogP contribution in [0.3, 0.4) is 0 Å². The maximum Gasteiger partial charge on any atom is 0.319 e.